The summed E-state index contributed by atoms with van der Waals surface area (Å²) in [6.45, 7) is 3.81. The van der Waals surface area contributed by atoms with E-state index in [9.17, 15) is 16.8 Å². The van der Waals surface area contributed by atoms with Gasteiger partial charge in [-0.3, -0.25) is 0 Å². The van der Waals surface area contributed by atoms with Crippen LogP contribution in [0, 0.1) is 0 Å². The fraction of sp³-hybridized carbons (Fsp3) is 0.167. The van der Waals surface area contributed by atoms with E-state index in [4.69, 9.17) is 0 Å². The average molecular weight is 681 g/mol. The van der Waals surface area contributed by atoms with Crippen LogP contribution in [0.2, 0.25) is 0 Å². The van der Waals surface area contributed by atoms with Crippen LogP contribution in [0.1, 0.15) is 50.7 Å². The normalized spacial score (nSPS) is 17.6. The van der Waals surface area contributed by atoms with E-state index < -0.39 is 29.8 Å². The second-order valence-electron chi connectivity index (χ2n) is 11.5. The molecular formula is C36H28N2O4S4. The number of thiophene rings is 2. The first-order valence-electron chi connectivity index (χ1n) is 15.2. The number of rotatable bonds is 7. The number of hydrogen-bond donors (Lipinski definition) is 0. The van der Waals surface area contributed by atoms with Gasteiger partial charge in [0.1, 0.15) is 0 Å². The Labute approximate surface area is 275 Å². The molecule has 0 unspecified atom stereocenters. The largest absolute Gasteiger partial charge is 0.232 e. The second-order valence-corrected chi connectivity index (χ2v) is 17.4. The predicted octanol–water partition coefficient (Wildman–Crippen LogP) is 9.71. The lowest BCUT2D eigenvalue weighted by molar-refractivity contribution is 0.608. The van der Waals surface area contributed by atoms with Gasteiger partial charge in [-0.15, -0.1) is 22.7 Å². The standard InChI is InChI=1S/C36H28N2O4S4/c1-3-9-31-33(21-15-17-25-23-11-5-7-13-27(23)43-29(25)19-21)37-35(45(31,39)40)36-38-34(32(10-4-2)46(36,41)42)22-16-18-26-24-12-6-8-14-28(24)44-30(26)20-22/h5-8,11-20H,3-4,9-10H2,1-2H3. The third kappa shape index (κ3) is 4.38. The highest BCUT2D eigenvalue weighted by Crippen LogP contribution is 2.43. The first-order chi connectivity index (χ1) is 22.2. The molecule has 46 heavy (non-hydrogen) atoms. The molecular weight excluding hydrogens is 653 g/mol. The van der Waals surface area contributed by atoms with Crippen molar-refractivity contribution in [3.63, 3.8) is 0 Å². The van der Waals surface area contributed by atoms with E-state index in [0.717, 1.165) is 40.3 Å². The molecule has 0 atom stereocenters. The van der Waals surface area contributed by atoms with Crippen molar-refractivity contribution in [1.29, 1.82) is 0 Å². The van der Waals surface area contributed by atoms with Gasteiger partial charge < -0.3 is 0 Å². The van der Waals surface area contributed by atoms with Crippen molar-refractivity contribution in [2.24, 2.45) is 9.98 Å². The molecule has 6 nitrogen and oxygen atoms in total. The number of hydrogen-bond acceptors (Lipinski definition) is 8. The molecule has 0 spiro atoms. The number of benzene rings is 4. The summed E-state index contributed by atoms with van der Waals surface area (Å²) < 4.78 is 61.0. The zero-order chi connectivity index (χ0) is 31.8. The van der Waals surface area contributed by atoms with Gasteiger partial charge in [0.2, 0.25) is 19.7 Å². The van der Waals surface area contributed by atoms with E-state index in [2.05, 4.69) is 34.3 Å². The molecule has 0 saturated carbocycles. The van der Waals surface area contributed by atoms with Gasteiger partial charge in [0.25, 0.3) is 0 Å². The minimum atomic E-state index is -4.22. The third-order valence-electron chi connectivity index (χ3n) is 8.55. The van der Waals surface area contributed by atoms with E-state index in [1.54, 1.807) is 22.7 Å². The highest BCUT2D eigenvalue weighted by molar-refractivity contribution is 8.21. The Bertz CT molecular complexity index is 2450. The van der Waals surface area contributed by atoms with Gasteiger partial charge in [-0.25, -0.2) is 26.8 Å². The van der Waals surface area contributed by atoms with E-state index in [1.165, 1.54) is 0 Å². The number of nitrogens with zero attached hydrogens (tertiary/aromatic N) is 2. The summed E-state index contributed by atoms with van der Waals surface area (Å²) in [6.07, 6.45) is 1.61. The summed E-state index contributed by atoms with van der Waals surface area (Å²) in [5.74, 6) is 0. The second kappa shape index (κ2) is 10.8. The van der Waals surface area contributed by atoms with Gasteiger partial charge in [0.15, 0.2) is 10.1 Å². The SMILES string of the molecule is CCCC1=C(c2ccc3c(c2)sc2ccccc23)N=C(C2=NC(c3ccc4c(c3)sc3ccccc34)=C(CCC)S2(=O)=O)S1(=O)=O. The van der Waals surface area contributed by atoms with Crippen LogP contribution in [0.15, 0.2) is 105 Å². The summed E-state index contributed by atoms with van der Waals surface area (Å²) in [5.41, 5.74) is 1.89. The first-order valence-corrected chi connectivity index (χ1v) is 19.8. The van der Waals surface area contributed by atoms with Gasteiger partial charge in [0, 0.05) is 51.5 Å². The topological polar surface area (TPSA) is 93.0 Å². The van der Waals surface area contributed by atoms with Crippen molar-refractivity contribution < 1.29 is 16.8 Å². The molecule has 0 aliphatic carbocycles. The Morgan fingerprint density at radius 3 is 1.33 bits per heavy atom. The molecule has 230 valence electrons. The smallest absolute Gasteiger partial charge is 0.225 e. The van der Waals surface area contributed by atoms with Gasteiger partial charge in [0.05, 0.1) is 21.2 Å². The zero-order valence-corrected chi connectivity index (χ0v) is 28.3. The monoisotopic (exact) mass is 680 g/mol. The lowest BCUT2D eigenvalue weighted by Crippen LogP contribution is -2.28. The first kappa shape index (κ1) is 29.4. The van der Waals surface area contributed by atoms with Crippen molar-refractivity contribution in [3.05, 3.63) is 106 Å². The minimum Gasteiger partial charge on any atom is -0.232 e. The van der Waals surface area contributed by atoms with Crippen LogP contribution in [-0.4, -0.2) is 26.9 Å². The van der Waals surface area contributed by atoms with Crippen molar-refractivity contribution in [2.75, 3.05) is 0 Å². The summed E-state index contributed by atoms with van der Waals surface area (Å²) in [5, 5.41) is 3.50. The summed E-state index contributed by atoms with van der Waals surface area (Å²) >= 11 is 3.27. The van der Waals surface area contributed by atoms with Crippen LogP contribution in [0.3, 0.4) is 0 Å². The quantitative estimate of drug-likeness (QED) is 0.168. The van der Waals surface area contributed by atoms with Crippen molar-refractivity contribution in [3.8, 4) is 0 Å². The van der Waals surface area contributed by atoms with Crippen LogP contribution in [0.25, 0.3) is 51.7 Å². The molecule has 0 bridgehead atoms. The van der Waals surface area contributed by atoms with Crippen LogP contribution >= 0.6 is 22.7 Å². The maximum absolute atomic E-state index is 14.2. The Morgan fingerprint density at radius 1 is 0.522 bits per heavy atom. The van der Waals surface area contributed by atoms with E-state index in [0.29, 0.717) is 35.4 Å². The molecule has 4 heterocycles. The summed E-state index contributed by atoms with van der Waals surface area (Å²) in [6, 6.07) is 28.0. The third-order valence-corrected chi connectivity index (χ3v) is 14.6. The maximum Gasteiger partial charge on any atom is 0.225 e. The summed E-state index contributed by atoms with van der Waals surface area (Å²) in [7, 11) is -8.43. The molecule has 0 N–H and O–H groups in total. The Balaban J connectivity index is 1.28. The lowest BCUT2D eigenvalue weighted by Gasteiger charge is -2.07. The molecule has 10 heteroatoms. The Hall–Kier alpha value is -3.96. The summed E-state index contributed by atoms with van der Waals surface area (Å²) in [4.78, 5) is 9.54. The van der Waals surface area contributed by atoms with Crippen LogP contribution in [0.5, 0.6) is 0 Å². The minimum absolute atomic E-state index is 0.139. The molecule has 2 aliphatic heterocycles. The molecule has 8 rings (SSSR count). The average Bonchev–Trinajstić information content (AvgIpc) is 3.75. The van der Waals surface area contributed by atoms with Gasteiger partial charge in [-0.2, -0.15) is 0 Å². The molecule has 0 saturated heterocycles. The number of sulfone groups is 2. The van der Waals surface area contributed by atoms with Crippen LogP contribution in [0.4, 0.5) is 0 Å². The molecule has 2 aromatic heterocycles. The van der Waals surface area contributed by atoms with Crippen molar-refractivity contribution >= 4 is 104 Å². The van der Waals surface area contributed by atoms with Gasteiger partial charge in [-0.1, -0.05) is 87.4 Å². The Morgan fingerprint density at radius 2 is 0.913 bits per heavy atom. The number of fused-ring (bicyclic) bond motifs is 6. The number of allylic oxidation sites excluding steroid dienone is 2. The molecule has 6 aromatic rings. The van der Waals surface area contributed by atoms with Crippen molar-refractivity contribution in [2.45, 2.75) is 39.5 Å². The predicted molar refractivity (Wildman–Crippen MR) is 195 cm³/mol. The number of aliphatic imine (C=N–C) groups is 2. The van der Waals surface area contributed by atoms with Gasteiger partial charge >= 0.3 is 0 Å². The highest BCUT2D eigenvalue weighted by atomic mass is 32.2. The highest BCUT2D eigenvalue weighted by Gasteiger charge is 2.46. The van der Waals surface area contributed by atoms with E-state index >= 15 is 0 Å². The van der Waals surface area contributed by atoms with Crippen LogP contribution < -0.4 is 0 Å². The van der Waals surface area contributed by atoms with Crippen LogP contribution in [-0.2, 0) is 19.7 Å². The molecule has 0 amide bonds. The van der Waals surface area contributed by atoms with Gasteiger partial charge in [-0.05, 0) is 37.1 Å². The fourth-order valence-corrected chi connectivity index (χ4v) is 12.6. The Kier molecular flexibility index (Phi) is 6.91. The molecule has 0 radical (unpaired) electrons. The lowest BCUT2D eigenvalue weighted by atomic mass is 10.1. The van der Waals surface area contributed by atoms with E-state index in [-0.39, 0.29) is 22.7 Å². The molecule has 4 aromatic carbocycles. The zero-order valence-electron chi connectivity index (χ0n) is 25.1. The fourth-order valence-electron chi connectivity index (χ4n) is 6.42. The van der Waals surface area contributed by atoms with E-state index in [1.807, 2.05) is 74.5 Å². The maximum atomic E-state index is 14.2. The van der Waals surface area contributed by atoms with Crippen molar-refractivity contribution in [1.82, 2.24) is 0 Å². The molecule has 2 aliphatic rings. The molecule has 0 fully saturated rings.